The van der Waals surface area contributed by atoms with Gasteiger partial charge in [0.1, 0.15) is 0 Å². The van der Waals surface area contributed by atoms with Crippen LogP contribution in [0.4, 0.5) is 5.69 Å². The molecule has 1 nitrogen and oxygen atoms in total. The average molecular weight is 199 g/mol. The lowest BCUT2D eigenvalue weighted by Crippen LogP contribution is -2.34. The van der Waals surface area contributed by atoms with E-state index in [0.717, 1.165) is 25.4 Å². The summed E-state index contributed by atoms with van der Waals surface area (Å²) in [6.07, 6.45) is 7.36. The first kappa shape index (κ1) is 10.1. The second-order valence-corrected chi connectivity index (χ2v) is 4.34. The monoisotopic (exact) mass is 199 g/mol. The van der Waals surface area contributed by atoms with Gasteiger partial charge in [0.2, 0.25) is 0 Å². The Morgan fingerprint density at radius 1 is 1.47 bits per heavy atom. The lowest BCUT2D eigenvalue weighted by molar-refractivity contribution is 0.534. The fourth-order valence-corrected chi connectivity index (χ4v) is 2.32. The molecule has 0 amide bonds. The molecule has 78 valence electrons. The zero-order chi connectivity index (χ0) is 10.7. The summed E-state index contributed by atoms with van der Waals surface area (Å²) in [5.74, 6) is 3.45. The van der Waals surface area contributed by atoms with Crippen LogP contribution in [0.1, 0.15) is 18.9 Å². The lowest BCUT2D eigenvalue weighted by atomic mass is 9.94. The van der Waals surface area contributed by atoms with Crippen LogP contribution in [0.3, 0.4) is 0 Å². The zero-order valence-corrected chi connectivity index (χ0v) is 9.24. The quantitative estimate of drug-likeness (QED) is 0.662. The minimum atomic E-state index is 0.734. The maximum absolute atomic E-state index is 5.32. The van der Waals surface area contributed by atoms with E-state index in [1.807, 2.05) is 0 Å². The van der Waals surface area contributed by atoms with Crippen molar-refractivity contribution in [3.05, 3.63) is 29.8 Å². The van der Waals surface area contributed by atoms with E-state index in [0.29, 0.717) is 0 Å². The maximum Gasteiger partial charge on any atom is 0.0399 e. The van der Waals surface area contributed by atoms with Crippen molar-refractivity contribution in [3.63, 3.8) is 0 Å². The number of para-hydroxylation sites is 1. The number of fused-ring (bicyclic) bond motifs is 1. The van der Waals surface area contributed by atoms with Crippen LogP contribution in [0.15, 0.2) is 24.3 Å². The predicted octanol–water partition coefficient (Wildman–Crippen LogP) is 2.71. The van der Waals surface area contributed by atoms with Crippen molar-refractivity contribution in [1.82, 2.24) is 0 Å². The molecule has 1 atom stereocenters. The molecule has 1 aromatic carbocycles. The van der Waals surface area contributed by atoms with Gasteiger partial charge in [-0.05, 0) is 24.0 Å². The Hall–Kier alpha value is -1.42. The van der Waals surface area contributed by atoms with Gasteiger partial charge in [-0.3, -0.25) is 0 Å². The lowest BCUT2D eigenvalue weighted by Gasteiger charge is -2.34. The standard InChI is InChI=1S/C14H17N/c1-3-4-9-15-11-12(2)10-13-7-5-6-8-14(13)15/h1,5-8,12H,4,9-11H2,2H3. The first-order valence-corrected chi connectivity index (χ1v) is 5.57. The van der Waals surface area contributed by atoms with Crippen LogP contribution in [-0.2, 0) is 6.42 Å². The van der Waals surface area contributed by atoms with E-state index >= 15 is 0 Å². The molecule has 1 aromatic rings. The summed E-state index contributed by atoms with van der Waals surface area (Å²) in [5.41, 5.74) is 2.85. The topological polar surface area (TPSA) is 3.24 Å². The van der Waals surface area contributed by atoms with Gasteiger partial charge >= 0.3 is 0 Å². The maximum atomic E-state index is 5.32. The van der Waals surface area contributed by atoms with E-state index in [4.69, 9.17) is 6.42 Å². The number of rotatable bonds is 2. The molecule has 0 fully saturated rings. The van der Waals surface area contributed by atoms with Crippen molar-refractivity contribution in [1.29, 1.82) is 0 Å². The molecule has 1 heteroatoms. The summed E-state index contributed by atoms with van der Waals surface area (Å²) in [5, 5.41) is 0. The van der Waals surface area contributed by atoms with Gasteiger partial charge in [-0.2, -0.15) is 0 Å². The second-order valence-electron chi connectivity index (χ2n) is 4.34. The highest BCUT2D eigenvalue weighted by Crippen LogP contribution is 2.29. The van der Waals surface area contributed by atoms with E-state index in [9.17, 15) is 0 Å². The normalized spacial score (nSPS) is 19.5. The molecule has 0 spiro atoms. The fraction of sp³-hybridized carbons (Fsp3) is 0.429. The molecule has 0 saturated heterocycles. The summed E-state index contributed by atoms with van der Waals surface area (Å²) >= 11 is 0. The van der Waals surface area contributed by atoms with E-state index < -0.39 is 0 Å². The number of hydrogen-bond acceptors (Lipinski definition) is 1. The summed E-state index contributed by atoms with van der Waals surface area (Å²) in [6, 6.07) is 8.67. The smallest absolute Gasteiger partial charge is 0.0399 e. The van der Waals surface area contributed by atoms with Gasteiger partial charge < -0.3 is 4.90 Å². The van der Waals surface area contributed by atoms with Gasteiger partial charge in [0, 0.05) is 25.2 Å². The number of nitrogens with zero attached hydrogens (tertiary/aromatic N) is 1. The third-order valence-corrected chi connectivity index (χ3v) is 2.96. The van der Waals surface area contributed by atoms with Crippen molar-refractivity contribution in [2.45, 2.75) is 19.8 Å². The van der Waals surface area contributed by atoms with Gasteiger partial charge in [-0.15, -0.1) is 12.3 Å². The molecule has 1 aliphatic rings. The van der Waals surface area contributed by atoms with E-state index in [1.54, 1.807) is 0 Å². The van der Waals surface area contributed by atoms with Gasteiger partial charge in [-0.25, -0.2) is 0 Å². The average Bonchev–Trinajstić information content (AvgIpc) is 2.25. The molecule has 0 aromatic heterocycles. The van der Waals surface area contributed by atoms with Crippen molar-refractivity contribution >= 4 is 5.69 Å². The van der Waals surface area contributed by atoms with Crippen LogP contribution in [0, 0.1) is 18.3 Å². The SMILES string of the molecule is C#CCCN1CC(C)Cc2ccccc21. The minimum Gasteiger partial charge on any atom is -0.370 e. The highest BCUT2D eigenvalue weighted by Gasteiger charge is 2.20. The van der Waals surface area contributed by atoms with E-state index in [1.165, 1.54) is 17.7 Å². The summed E-state index contributed by atoms with van der Waals surface area (Å²) in [6.45, 7) is 4.43. The third-order valence-electron chi connectivity index (χ3n) is 2.96. The molecule has 2 rings (SSSR count). The van der Waals surface area contributed by atoms with Crippen LogP contribution >= 0.6 is 0 Å². The van der Waals surface area contributed by atoms with Crippen molar-refractivity contribution in [3.8, 4) is 12.3 Å². The van der Waals surface area contributed by atoms with Crippen LogP contribution in [0.2, 0.25) is 0 Å². The Morgan fingerprint density at radius 2 is 2.27 bits per heavy atom. The van der Waals surface area contributed by atoms with Crippen LogP contribution in [0.25, 0.3) is 0 Å². The number of anilines is 1. The molecule has 1 heterocycles. The molecule has 1 aliphatic heterocycles. The highest BCUT2D eigenvalue weighted by molar-refractivity contribution is 5.55. The molecule has 1 unspecified atom stereocenters. The first-order chi connectivity index (χ1) is 7.31. The number of benzene rings is 1. The van der Waals surface area contributed by atoms with Crippen molar-refractivity contribution < 1.29 is 0 Å². The molecule has 15 heavy (non-hydrogen) atoms. The molecule has 0 saturated carbocycles. The van der Waals surface area contributed by atoms with Crippen LogP contribution < -0.4 is 4.90 Å². The van der Waals surface area contributed by atoms with Gasteiger partial charge in [0.25, 0.3) is 0 Å². The molecule has 0 N–H and O–H groups in total. The van der Waals surface area contributed by atoms with Crippen molar-refractivity contribution in [2.24, 2.45) is 5.92 Å². The molecular formula is C14H17N. The molecule has 0 radical (unpaired) electrons. The van der Waals surface area contributed by atoms with Gasteiger partial charge in [0.05, 0.1) is 0 Å². The van der Waals surface area contributed by atoms with E-state index in [-0.39, 0.29) is 0 Å². The van der Waals surface area contributed by atoms with Crippen LogP contribution in [0.5, 0.6) is 0 Å². The second kappa shape index (κ2) is 4.40. The molecular weight excluding hydrogens is 182 g/mol. The number of terminal acetylenes is 1. The molecule has 0 bridgehead atoms. The minimum absolute atomic E-state index is 0.734. The Labute approximate surface area is 92.1 Å². The summed E-state index contributed by atoms with van der Waals surface area (Å²) in [4.78, 5) is 2.42. The zero-order valence-electron chi connectivity index (χ0n) is 9.24. The first-order valence-electron chi connectivity index (χ1n) is 5.57. The summed E-state index contributed by atoms with van der Waals surface area (Å²) in [7, 11) is 0. The Bertz CT molecular complexity index is 375. The molecule has 0 aliphatic carbocycles. The van der Waals surface area contributed by atoms with Gasteiger partial charge in [-0.1, -0.05) is 25.1 Å². The van der Waals surface area contributed by atoms with Gasteiger partial charge in [0.15, 0.2) is 0 Å². The Balaban J connectivity index is 2.23. The Kier molecular flexibility index (Phi) is 2.97. The summed E-state index contributed by atoms with van der Waals surface area (Å²) < 4.78 is 0. The van der Waals surface area contributed by atoms with Crippen LogP contribution in [-0.4, -0.2) is 13.1 Å². The Morgan fingerprint density at radius 3 is 3.07 bits per heavy atom. The largest absolute Gasteiger partial charge is 0.370 e. The van der Waals surface area contributed by atoms with Crippen molar-refractivity contribution in [2.75, 3.05) is 18.0 Å². The number of hydrogen-bond donors (Lipinski definition) is 0. The predicted molar refractivity (Wildman–Crippen MR) is 65.0 cm³/mol. The highest BCUT2D eigenvalue weighted by atomic mass is 15.1. The van der Waals surface area contributed by atoms with E-state index in [2.05, 4.69) is 42.0 Å². The third kappa shape index (κ3) is 2.15. The fourth-order valence-electron chi connectivity index (χ4n) is 2.32.